The summed E-state index contributed by atoms with van der Waals surface area (Å²) < 4.78 is 1.15. The molecule has 1 unspecified atom stereocenters. The van der Waals surface area contributed by atoms with Crippen molar-refractivity contribution in [2.24, 2.45) is 0 Å². The van der Waals surface area contributed by atoms with E-state index in [0.717, 1.165) is 32.8 Å². The summed E-state index contributed by atoms with van der Waals surface area (Å²) in [6.45, 7) is 0.368. The molecule has 0 bridgehead atoms. The molecule has 4 rings (SSSR count). The van der Waals surface area contributed by atoms with Crippen molar-refractivity contribution < 1.29 is 14.7 Å². The zero-order valence-corrected chi connectivity index (χ0v) is 15.6. The molecule has 2 heterocycles. The van der Waals surface area contributed by atoms with Gasteiger partial charge in [-0.25, -0.2) is 9.78 Å². The van der Waals surface area contributed by atoms with E-state index < -0.39 is 12.0 Å². The molecule has 1 aliphatic heterocycles. The number of hydrogen-bond acceptors (Lipinski definition) is 4. The summed E-state index contributed by atoms with van der Waals surface area (Å²) in [5.41, 5.74) is 3.04. The van der Waals surface area contributed by atoms with Crippen LogP contribution in [0.4, 0.5) is 0 Å². The van der Waals surface area contributed by atoms with Gasteiger partial charge in [0, 0.05) is 19.4 Å². The van der Waals surface area contributed by atoms with Gasteiger partial charge < -0.3 is 10.0 Å². The molecule has 0 saturated carbocycles. The van der Waals surface area contributed by atoms with E-state index in [4.69, 9.17) is 0 Å². The van der Waals surface area contributed by atoms with E-state index in [2.05, 4.69) is 4.98 Å². The topological polar surface area (TPSA) is 70.5 Å². The van der Waals surface area contributed by atoms with Gasteiger partial charge in [-0.1, -0.05) is 36.4 Å². The van der Waals surface area contributed by atoms with Gasteiger partial charge >= 0.3 is 5.97 Å². The fourth-order valence-corrected chi connectivity index (χ4v) is 4.58. The minimum atomic E-state index is -0.941. The number of fused-ring (bicyclic) bond motifs is 2. The third kappa shape index (κ3) is 3.71. The van der Waals surface area contributed by atoms with Crippen LogP contribution < -0.4 is 0 Å². The number of carboxylic acid groups (broad SMARTS) is 1. The van der Waals surface area contributed by atoms with Crippen molar-refractivity contribution in [2.45, 2.75) is 38.3 Å². The molecule has 138 valence electrons. The van der Waals surface area contributed by atoms with Crippen molar-refractivity contribution in [3.8, 4) is 0 Å². The summed E-state index contributed by atoms with van der Waals surface area (Å²) in [7, 11) is 0. The third-order valence-electron chi connectivity index (χ3n) is 4.97. The lowest BCUT2D eigenvalue weighted by Crippen LogP contribution is -2.48. The number of rotatable bonds is 5. The molecular weight excluding hydrogens is 360 g/mol. The SMILES string of the molecule is O=C(O)C1Cc2ccccc2CN1C(=O)CCCc1nc2ccccc2s1. The van der Waals surface area contributed by atoms with Crippen molar-refractivity contribution in [2.75, 3.05) is 0 Å². The van der Waals surface area contributed by atoms with Crippen LogP contribution in [0.3, 0.4) is 0 Å². The van der Waals surface area contributed by atoms with Crippen LogP contribution in [0.2, 0.25) is 0 Å². The van der Waals surface area contributed by atoms with Crippen molar-refractivity contribution in [3.05, 3.63) is 64.7 Å². The maximum atomic E-state index is 12.7. The standard InChI is InChI=1S/C21H20N2O3S/c24-20(11-5-10-19-22-16-8-3-4-9-18(16)27-19)23-13-15-7-2-1-6-14(15)12-17(23)21(25)26/h1-4,6-9,17H,5,10-13H2,(H,25,26). The zero-order valence-electron chi connectivity index (χ0n) is 14.8. The molecule has 0 spiro atoms. The van der Waals surface area contributed by atoms with Gasteiger partial charge in [-0.05, 0) is 36.1 Å². The van der Waals surface area contributed by atoms with Crippen LogP contribution in [-0.2, 0) is 29.0 Å². The zero-order chi connectivity index (χ0) is 18.8. The number of thiazole rings is 1. The van der Waals surface area contributed by atoms with Crippen molar-refractivity contribution >= 4 is 33.4 Å². The maximum Gasteiger partial charge on any atom is 0.326 e. The summed E-state index contributed by atoms with van der Waals surface area (Å²) in [6, 6.07) is 15.0. The van der Waals surface area contributed by atoms with Gasteiger partial charge in [0.15, 0.2) is 0 Å². The molecule has 1 aliphatic rings. The average Bonchev–Trinajstić information content (AvgIpc) is 3.09. The van der Waals surface area contributed by atoms with Gasteiger partial charge in [-0.15, -0.1) is 11.3 Å². The number of carboxylic acids is 1. The average molecular weight is 380 g/mol. The number of hydrogen-bond donors (Lipinski definition) is 1. The molecule has 3 aromatic rings. The second-order valence-electron chi connectivity index (χ2n) is 6.78. The number of carbonyl (C=O) groups is 2. The second kappa shape index (κ2) is 7.48. The van der Waals surface area contributed by atoms with Crippen LogP contribution in [0, 0.1) is 0 Å². The first-order chi connectivity index (χ1) is 13.1. The smallest absolute Gasteiger partial charge is 0.326 e. The van der Waals surface area contributed by atoms with Crippen LogP contribution >= 0.6 is 11.3 Å². The highest BCUT2D eigenvalue weighted by Crippen LogP contribution is 2.26. The Morgan fingerprint density at radius 3 is 2.63 bits per heavy atom. The number of carbonyl (C=O) groups excluding carboxylic acids is 1. The molecule has 1 N–H and O–H groups in total. The largest absolute Gasteiger partial charge is 0.480 e. The van der Waals surface area contributed by atoms with Gasteiger partial charge in [-0.3, -0.25) is 4.79 Å². The van der Waals surface area contributed by atoms with Crippen LogP contribution in [-0.4, -0.2) is 32.9 Å². The number of aryl methyl sites for hydroxylation is 1. The van der Waals surface area contributed by atoms with Gasteiger partial charge in [0.2, 0.25) is 5.91 Å². The van der Waals surface area contributed by atoms with E-state index in [1.54, 1.807) is 11.3 Å². The summed E-state index contributed by atoms with van der Waals surface area (Å²) in [5, 5.41) is 10.6. The van der Waals surface area contributed by atoms with E-state index >= 15 is 0 Å². The molecule has 0 aliphatic carbocycles. The number of para-hydroxylation sites is 1. The quantitative estimate of drug-likeness (QED) is 0.733. The molecule has 1 aromatic heterocycles. The Morgan fingerprint density at radius 2 is 1.85 bits per heavy atom. The lowest BCUT2D eigenvalue weighted by molar-refractivity contribution is -0.151. The maximum absolute atomic E-state index is 12.7. The predicted octanol–water partition coefficient (Wildman–Crippen LogP) is 3.66. The molecule has 5 nitrogen and oxygen atoms in total. The van der Waals surface area contributed by atoms with Crippen molar-refractivity contribution in [3.63, 3.8) is 0 Å². The van der Waals surface area contributed by atoms with Gasteiger partial charge in [-0.2, -0.15) is 0 Å². The van der Waals surface area contributed by atoms with E-state index in [1.165, 1.54) is 4.90 Å². The normalized spacial score (nSPS) is 16.3. The van der Waals surface area contributed by atoms with E-state index in [-0.39, 0.29) is 5.91 Å². The number of nitrogens with zero attached hydrogens (tertiary/aromatic N) is 2. The van der Waals surface area contributed by atoms with Crippen LogP contribution in [0.5, 0.6) is 0 Å². The lowest BCUT2D eigenvalue weighted by atomic mass is 9.93. The Morgan fingerprint density at radius 1 is 1.11 bits per heavy atom. The van der Waals surface area contributed by atoms with Crippen LogP contribution in [0.1, 0.15) is 29.0 Å². The Hall–Kier alpha value is -2.73. The molecule has 2 aromatic carbocycles. The van der Waals surface area contributed by atoms with Gasteiger partial charge in [0.25, 0.3) is 0 Å². The van der Waals surface area contributed by atoms with Crippen LogP contribution in [0.25, 0.3) is 10.2 Å². The van der Waals surface area contributed by atoms with E-state index in [9.17, 15) is 14.7 Å². The Kier molecular flexibility index (Phi) is 4.90. The molecule has 27 heavy (non-hydrogen) atoms. The highest BCUT2D eigenvalue weighted by Gasteiger charge is 2.34. The molecule has 0 radical (unpaired) electrons. The van der Waals surface area contributed by atoms with Gasteiger partial charge in [0.05, 0.1) is 15.2 Å². The monoisotopic (exact) mass is 380 g/mol. The molecule has 1 amide bonds. The summed E-state index contributed by atoms with van der Waals surface area (Å²) in [4.78, 5) is 30.5. The molecule has 0 saturated heterocycles. The number of benzene rings is 2. The Labute approximate surface area is 161 Å². The fraction of sp³-hybridized carbons (Fsp3) is 0.286. The number of amides is 1. The Balaban J connectivity index is 1.41. The lowest BCUT2D eigenvalue weighted by Gasteiger charge is -2.34. The first kappa shape index (κ1) is 17.7. The fourth-order valence-electron chi connectivity index (χ4n) is 3.57. The van der Waals surface area contributed by atoms with Crippen molar-refractivity contribution in [1.82, 2.24) is 9.88 Å². The van der Waals surface area contributed by atoms with Crippen LogP contribution in [0.15, 0.2) is 48.5 Å². The molecule has 0 fully saturated rings. The highest BCUT2D eigenvalue weighted by molar-refractivity contribution is 7.18. The molecule has 1 atom stereocenters. The van der Waals surface area contributed by atoms with E-state index in [0.29, 0.717) is 25.8 Å². The minimum absolute atomic E-state index is 0.0991. The number of aliphatic carboxylic acids is 1. The van der Waals surface area contributed by atoms with Crippen molar-refractivity contribution in [1.29, 1.82) is 0 Å². The highest BCUT2D eigenvalue weighted by atomic mass is 32.1. The predicted molar refractivity (Wildman–Crippen MR) is 105 cm³/mol. The van der Waals surface area contributed by atoms with E-state index in [1.807, 2.05) is 48.5 Å². The molecule has 6 heteroatoms. The second-order valence-corrected chi connectivity index (χ2v) is 7.89. The number of aromatic nitrogens is 1. The summed E-state index contributed by atoms with van der Waals surface area (Å²) in [5.74, 6) is -1.04. The summed E-state index contributed by atoms with van der Waals surface area (Å²) in [6.07, 6.45) is 2.10. The first-order valence-electron chi connectivity index (χ1n) is 9.05. The van der Waals surface area contributed by atoms with Gasteiger partial charge in [0.1, 0.15) is 6.04 Å². The minimum Gasteiger partial charge on any atom is -0.480 e. The summed E-state index contributed by atoms with van der Waals surface area (Å²) >= 11 is 1.65. The third-order valence-corrected chi connectivity index (χ3v) is 6.07. The Bertz CT molecular complexity index is 965. The molecular formula is C21H20N2O3S. The first-order valence-corrected chi connectivity index (χ1v) is 9.87.